The van der Waals surface area contributed by atoms with Crippen LogP contribution in [0.15, 0.2) is 12.7 Å². The zero-order chi connectivity index (χ0) is 10.5. The van der Waals surface area contributed by atoms with E-state index >= 15 is 0 Å². The maximum absolute atomic E-state index is 9.49. The number of hydrogen-bond donors (Lipinski definition) is 3. The average Bonchev–Trinajstić information content (AvgIpc) is 2.12. The molecule has 78 valence electrons. The Kier molecular flexibility index (Phi) is 15.0. The van der Waals surface area contributed by atoms with Crippen LogP contribution in [0.2, 0.25) is 0 Å². The summed E-state index contributed by atoms with van der Waals surface area (Å²) in [4.78, 5) is 9.49. The van der Waals surface area contributed by atoms with E-state index in [0.29, 0.717) is 0 Å². The van der Waals surface area contributed by atoms with Crippen molar-refractivity contribution in [2.24, 2.45) is 0 Å². The maximum Gasteiger partial charge on any atom is 0.506 e. The first kappa shape index (κ1) is 14.5. The molecular formula is C8H16O5. The molecule has 0 spiro atoms. The minimum absolute atomic E-state index is 0.0648. The molecule has 0 bridgehead atoms. The van der Waals surface area contributed by atoms with Gasteiger partial charge in [0.05, 0.1) is 0 Å². The minimum Gasteiger partial charge on any atom is -0.450 e. The lowest BCUT2D eigenvalue weighted by atomic mass is 10.3. The van der Waals surface area contributed by atoms with Crippen LogP contribution in [0.25, 0.3) is 0 Å². The Bertz CT molecular complexity index is 120. The van der Waals surface area contributed by atoms with Crippen molar-refractivity contribution >= 4 is 6.16 Å². The van der Waals surface area contributed by atoms with Crippen LogP contribution in [-0.4, -0.2) is 41.3 Å². The Labute approximate surface area is 77.3 Å². The van der Waals surface area contributed by atoms with Gasteiger partial charge in [-0.15, -0.1) is 0 Å². The zero-order valence-electron chi connectivity index (χ0n) is 7.48. The molecule has 0 aromatic heterocycles. The first-order chi connectivity index (χ1) is 6.18. The number of unbranched alkanes of at least 4 members (excludes halogenated alkanes) is 1. The highest BCUT2D eigenvalue weighted by atomic mass is 16.7. The lowest BCUT2D eigenvalue weighted by Gasteiger charge is -1.88. The molecule has 0 saturated carbocycles. The Morgan fingerprint density at radius 1 is 1.31 bits per heavy atom. The average molecular weight is 192 g/mol. The molecule has 3 N–H and O–H groups in total. The van der Waals surface area contributed by atoms with Gasteiger partial charge in [-0.3, -0.25) is 0 Å². The summed E-state index contributed by atoms with van der Waals surface area (Å²) < 4.78 is 3.99. The molecule has 0 aliphatic carbocycles. The van der Waals surface area contributed by atoms with Crippen LogP contribution in [-0.2, 0) is 4.74 Å². The molecule has 0 aliphatic rings. The fourth-order valence-corrected chi connectivity index (χ4v) is 0.354. The molecular weight excluding hydrogens is 176 g/mol. The molecule has 0 aromatic carbocycles. The summed E-state index contributed by atoms with van der Waals surface area (Å²) in [6.07, 6.45) is 1.54. The molecule has 0 amide bonds. The van der Waals surface area contributed by atoms with Gasteiger partial charge in [0.1, 0.15) is 6.61 Å². The lowest BCUT2D eigenvalue weighted by molar-refractivity contribution is 0.102. The largest absolute Gasteiger partial charge is 0.506 e. The van der Waals surface area contributed by atoms with E-state index in [1.807, 2.05) is 0 Å². The molecule has 0 unspecified atom stereocenters. The van der Waals surface area contributed by atoms with Gasteiger partial charge in [0.15, 0.2) is 0 Å². The van der Waals surface area contributed by atoms with Gasteiger partial charge in [-0.25, -0.2) is 4.79 Å². The molecule has 0 heterocycles. The van der Waals surface area contributed by atoms with Crippen LogP contribution in [0.1, 0.15) is 12.8 Å². The topological polar surface area (TPSA) is 87.0 Å². The van der Waals surface area contributed by atoms with Crippen LogP contribution in [0.3, 0.4) is 0 Å². The summed E-state index contributed by atoms with van der Waals surface area (Å²) in [5, 5.41) is 23.9. The zero-order valence-corrected chi connectivity index (χ0v) is 7.48. The van der Waals surface area contributed by atoms with E-state index in [9.17, 15) is 4.79 Å². The Hall–Kier alpha value is -1.07. The normalized spacial score (nSPS) is 8.15. The third kappa shape index (κ3) is 24.8. The fraction of sp³-hybridized carbons (Fsp3) is 0.625. The van der Waals surface area contributed by atoms with Gasteiger partial charge < -0.3 is 20.1 Å². The number of rotatable bonds is 5. The number of carbonyl (C=O) groups is 1. The van der Waals surface area contributed by atoms with Crippen molar-refractivity contribution in [2.45, 2.75) is 12.8 Å². The summed E-state index contributed by atoms with van der Waals surface area (Å²) in [7, 11) is 0. The molecule has 5 nitrogen and oxygen atoms in total. The Morgan fingerprint density at radius 3 is 1.92 bits per heavy atom. The highest BCUT2D eigenvalue weighted by Crippen LogP contribution is 1.80. The first-order valence-corrected chi connectivity index (χ1v) is 3.87. The van der Waals surface area contributed by atoms with E-state index in [-0.39, 0.29) is 19.8 Å². The van der Waals surface area contributed by atoms with Crippen molar-refractivity contribution in [1.82, 2.24) is 0 Å². The standard InChI is InChI=1S/C4H6O3.C4H10O2/c1-2-3-7-4(5)6;5-3-1-2-4-6/h2H,1,3H2,(H,5,6);5-6H,1-4H2. The van der Waals surface area contributed by atoms with Crippen molar-refractivity contribution in [2.75, 3.05) is 19.8 Å². The Morgan fingerprint density at radius 2 is 1.77 bits per heavy atom. The van der Waals surface area contributed by atoms with Gasteiger partial charge in [0, 0.05) is 13.2 Å². The third-order valence-corrected chi connectivity index (χ3v) is 0.891. The number of hydrogen-bond acceptors (Lipinski definition) is 4. The second-order valence-corrected chi connectivity index (χ2v) is 2.02. The monoisotopic (exact) mass is 192 g/mol. The molecule has 0 aliphatic heterocycles. The van der Waals surface area contributed by atoms with Gasteiger partial charge in [-0.1, -0.05) is 12.7 Å². The van der Waals surface area contributed by atoms with Crippen LogP contribution in [0, 0.1) is 0 Å². The van der Waals surface area contributed by atoms with Crippen molar-refractivity contribution in [3.05, 3.63) is 12.7 Å². The number of ether oxygens (including phenoxy) is 1. The summed E-state index contributed by atoms with van der Waals surface area (Å²) in [5.74, 6) is 0. The van der Waals surface area contributed by atoms with Crippen molar-refractivity contribution in [1.29, 1.82) is 0 Å². The lowest BCUT2D eigenvalue weighted by Crippen LogP contribution is -1.98. The maximum atomic E-state index is 9.49. The summed E-state index contributed by atoms with van der Waals surface area (Å²) in [5.41, 5.74) is 0. The fourth-order valence-electron chi connectivity index (χ4n) is 0.354. The molecule has 0 saturated heterocycles. The van der Waals surface area contributed by atoms with Crippen molar-refractivity contribution in [3.8, 4) is 0 Å². The highest BCUT2D eigenvalue weighted by Gasteiger charge is 1.87. The van der Waals surface area contributed by atoms with Crippen LogP contribution < -0.4 is 0 Å². The minimum atomic E-state index is -1.26. The van der Waals surface area contributed by atoms with Crippen LogP contribution >= 0.6 is 0 Å². The molecule has 0 fully saturated rings. The number of carboxylic acid groups (broad SMARTS) is 1. The van der Waals surface area contributed by atoms with Gasteiger partial charge in [-0.2, -0.15) is 0 Å². The van der Waals surface area contributed by atoms with Gasteiger partial charge in [0.2, 0.25) is 0 Å². The molecule has 0 rings (SSSR count). The quantitative estimate of drug-likeness (QED) is 0.337. The SMILES string of the molecule is C=CCOC(=O)O.OCCCCO. The van der Waals surface area contributed by atoms with E-state index < -0.39 is 6.16 Å². The summed E-state index contributed by atoms with van der Waals surface area (Å²) >= 11 is 0. The molecule has 0 aromatic rings. The second-order valence-electron chi connectivity index (χ2n) is 2.02. The van der Waals surface area contributed by atoms with E-state index in [1.54, 1.807) is 0 Å². The molecule has 5 heteroatoms. The number of aliphatic hydroxyl groups excluding tert-OH is 2. The van der Waals surface area contributed by atoms with E-state index in [2.05, 4.69) is 11.3 Å². The van der Waals surface area contributed by atoms with Crippen LogP contribution in [0.5, 0.6) is 0 Å². The predicted molar refractivity (Wildman–Crippen MR) is 47.6 cm³/mol. The van der Waals surface area contributed by atoms with Gasteiger partial charge in [0.25, 0.3) is 0 Å². The molecule has 0 radical (unpaired) electrons. The third-order valence-electron chi connectivity index (χ3n) is 0.891. The van der Waals surface area contributed by atoms with Gasteiger partial charge >= 0.3 is 6.16 Å². The number of aliphatic hydroxyl groups is 2. The van der Waals surface area contributed by atoms with Crippen LogP contribution in [0.4, 0.5) is 4.79 Å². The van der Waals surface area contributed by atoms with Gasteiger partial charge in [-0.05, 0) is 12.8 Å². The van der Waals surface area contributed by atoms with E-state index in [0.717, 1.165) is 12.8 Å². The molecule has 0 atom stereocenters. The highest BCUT2D eigenvalue weighted by molar-refractivity contribution is 5.56. The summed E-state index contributed by atoms with van der Waals surface area (Å²) in [6, 6.07) is 0. The first-order valence-electron chi connectivity index (χ1n) is 3.87. The smallest absolute Gasteiger partial charge is 0.450 e. The molecule has 13 heavy (non-hydrogen) atoms. The predicted octanol–water partition coefficient (Wildman–Crippen LogP) is 0.618. The summed E-state index contributed by atoms with van der Waals surface area (Å²) in [6.45, 7) is 3.70. The van der Waals surface area contributed by atoms with E-state index in [1.165, 1.54) is 6.08 Å². The Balaban J connectivity index is 0. The van der Waals surface area contributed by atoms with E-state index in [4.69, 9.17) is 15.3 Å². The second kappa shape index (κ2) is 13.5. The van der Waals surface area contributed by atoms with Crippen molar-refractivity contribution in [3.63, 3.8) is 0 Å². The van der Waals surface area contributed by atoms with Crippen molar-refractivity contribution < 1.29 is 24.9 Å².